The maximum atomic E-state index is 14.3. The summed E-state index contributed by atoms with van der Waals surface area (Å²) >= 11 is 0. The van der Waals surface area contributed by atoms with E-state index in [1.165, 1.54) is 31.3 Å². The summed E-state index contributed by atoms with van der Waals surface area (Å²) in [6.07, 6.45) is -6.56. The molecular formula is C20H19F4NO4. The number of ether oxygens (including phenoxy) is 3. The smallest absolute Gasteiger partial charge is 0.496 e. The van der Waals surface area contributed by atoms with E-state index in [-0.39, 0.29) is 18.7 Å². The monoisotopic (exact) mass is 413 g/mol. The minimum absolute atomic E-state index is 0.0113. The van der Waals surface area contributed by atoms with E-state index in [0.717, 1.165) is 12.1 Å². The molecule has 1 unspecified atom stereocenters. The van der Waals surface area contributed by atoms with Gasteiger partial charge < -0.3 is 19.1 Å². The molecule has 1 fully saturated rings. The van der Waals surface area contributed by atoms with Gasteiger partial charge in [-0.1, -0.05) is 18.2 Å². The molecule has 0 bridgehead atoms. The van der Waals surface area contributed by atoms with Gasteiger partial charge in [-0.2, -0.15) is 0 Å². The summed E-state index contributed by atoms with van der Waals surface area (Å²) in [5, 5.41) is 0. The Balaban J connectivity index is 1.89. The van der Waals surface area contributed by atoms with Gasteiger partial charge in [0.2, 0.25) is 0 Å². The van der Waals surface area contributed by atoms with Gasteiger partial charge in [-0.25, -0.2) is 4.39 Å². The summed E-state index contributed by atoms with van der Waals surface area (Å²) in [4.78, 5) is 13.8. The lowest BCUT2D eigenvalue weighted by atomic mass is 10.0. The summed E-state index contributed by atoms with van der Waals surface area (Å²) in [6.45, 7) is 0.0113. The Hall–Kier alpha value is -2.97. The van der Waals surface area contributed by atoms with Gasteiger partial charge in [0.1, 0.15) is 17.2 Å². The number of methoxy groups -OCH3 is 2. The SMILES string of the molecule is COc1cccc(OC)c1[C@@H]1CC(F)C(=O)N1Cc1ccc(OC(F)(F)F)cc1. The van der Waals surface area contributed by atoms with Crippen LogP contribution in [0.5, 0.6) is 17.2 Å². The standard InChI is InChI=1S/C20H19F4NO4/c1-27-16-4-3-5-17(28-2)18(16)15-10-14(21)19(26)25(15)11-12-6-8-13(9-7-12)29-20(22,23)24/h3-9,14-15H,10-11H2,1-2H3/t14?,15-/m0/s1. The van der Waals surface area contributed by atoms with E-state index < -0.39 is 24.5 Å². The molecule has 2 aromatic rings. The summed E-state index contributed by atoms with van der Waals surface area (Å²) in [7, 11) is 2.93. The van der Waals surface area contributed by atoms with Crippen LogP contribution in [0.25, 0.3) is 0 Å². The first kappa shape index (κ1) is 20.8. The van der Waals surface area contributed by atoms with Crippen molar-refractivity contribution in [1.82, 2.24) is 4.90 Å². The summed E-state index contributed by atoms with van der Waals surface area (Å²) < 4.78 is 65.8. The van der Waals surface area contributed by atoms with Gasteiger partial charge in [0, 0.05) is 13.0 Å². The van der Waals surface area contributed by atoms with E-state index in [1.807, 2.05) is 0 Å². The molecule has 3 rings (SSSR count). The van der Waals surface area contributed by atoms with Crippen molar-refractivity contribution >= 4 is 5.91 Å². The molecule has 1 amide bonds. The zero-order valence-electron chi connectivity index (χ0n) is 15.7. The van der Waals surface area contributed by atoms with Crippen molar-refractivity contribution in [2.24, 2.45) is 0 Å². The third-order valence-corrected chi connectivity index (χ3v) is 4.67. The van der Waals surface area contributed by atoms with Crippen LogP contribution in [0.1, 0.15) is 23.6 Å². The lowest BCUT2D eigenvalue weighted by Gasteiger charge is -2.27. The van der Waals surface area contributed by atoms with Crippen molar-refractivity contribution in [2.75, 3.05) is 14.2 Å². The highest BCUT2D eigenvalue weighted by molar-refractivity contribution is 5.84. The lowest BCUT2D eigenvalue weighted by Crippen LogP contribution is -2.30. The molecular weight excluding hydrogens is 394 g/mol. The number of carbonyl (C=O) groups is 1. The quantitative estimate of drug-likeness (QED) is 0.658. The van der Waals surface area contributed by atoms with E-state index in [2.05, 4.69) is 4.74 Å². The molecule has 1 saturated heterocycles. The summed E-state index contributed by atoms with van der Waals surface area (Å²) in [5.74, 6) is -0.163. The van der Waals surface area contributed by atoms with Crippen LogP contribution < -0.4 is 14.2 Å². The number of likely N-dealkylation sites (tertiary alicyclic amines) is 1. The van der Waals surface area contributed by atoms with Gasteiger partial charge in [-0.3, -0.25) is 4.79 Å². The highest BCUT2D eigenvalue weighted by atomic mass is 19.4. The predicted octanol–water partition coefficient (Wildman–Crippen LogP) is 4.41. The van der Waals surface area contributed by atoms with Gasteiger partial charge in [0.15, 0.2) is 6.17 Å². The number of alkyl halides is 4. The van der Waals surface area contributed by atoms with Crippen molar-refractivity contribution < 1.29 is 36.6 Å². The van der Waals surface area contributed by atoms with E-state index in [0.29, 0.717) is 22.6 Å². The number of carbonyl (C=O) groups excluding carboxylic acids is 1. The average molecular weight is 413 g/mol. The number of hydrogen-bond donors (Lipinski definition) is 0. The lowest BCUT2D eigenvalue weighted by molar-refractivity contribution is -0.274. The van der Waals surface area contributed by atoms with Crippen molar-refractivity contribution in [3.63, 3.8) is 0 Å². The number of amides is 1. The molecule has 1 aliphatic heterocycles. The average Bonchev–Trinajstić information content (AvgIpc) is 2.95. The van der Waals surface area contributed by atoms with Crippen LogP contribution in [0, 0.1) is 0 Å². The van der Waals surface area contributed by atoms with Crippen LogP contribution in [0.15, 0.2) is 42.5 Å². The topological polar surface area (TPSA) is 48.0 Å². The van der Waals surface area contributed by atoms with Gasteiger partial charge in [-0.15, -0.1) is 13.2 Å². The minimum atomic E-state index is -4.79. The Morgan fingerprint density at radius 2 is 1.62 bits per heavy atom. The molecule has 2 aromatic carbocycles. The van der Waals surface area contributed by atoms with E-state index in [1.54, 1.807) is 18.2 Å². The predicted molar refractivity (Wildman–Crippen MR) is 95.5 cm³/mol. The number of hydrogen-bond acceptors (Lipinski definition) is 4. The minimum Gasteiger partial charge on any atom is -0.496 e. The fourth-order valence-electron chi connectivity index (χ4n) is 3.42. The number of rotatable bonds is 6. The van der Waals surface area contributed by atoms with Crippen molar-refractivity contribution in [2.45, 2.75) is 31.5 Å². The van der Waals surface area contributed by atoms with E-state index in [9.17, 15) is 22.4 Å². The molecule has 156 valence electrons. The molecule has 1 heterocycles. The van der Waals surface area contributed by atoms with E-state index >= 15 is 0 Å². The molecule has 0 aromatic heterocycles. The molecule has 1 aliphatic rings. The molecule has 0 spiro atoms. The van der Waals surface area contributed by atoms with Crippen LogP contribution in [-0.4, -0.2) is 37.6 Å². The van der Waals surface area contributed by atoms with E-state index in [4.69, 9.17) is 9.47 Å². The van der Waals surface area contributed by atoms with Crippen molar-refractivity contribution in [3.05, 3.63) is 53.6 Å². The first-order valence-electron chi connectivity index (χ1n) is 8.73. The second kappa shape index (κ2) is 8.18. The molecule has 29 heavy (non-hydrogen) atoms. The largest absolute Gasteiger partial charge is 0.573 e. The van der Waals surface area contributed by atoms with Crippen LogP contribution in [-0.2, 0) is 11.3 Å². The third-order valence-electron chi connectivity index (χ3n) is 4.67. The zero-order chi connectivity index (χ0) is 21.2. The summed E-state index contributed by atoms with van der Waals surface area (Å²) in [5.41, 5.74) is 1.07. The number of nitrogens with zero attached hydrogens (tertiary/aromatic N) is 1. The Labute approximate surface area is 164 Å². The highest BCUT2D eigenvalue weighted by Crippen LogP contribution is 2.44. The normalized spacial score (nSPS) is 19.4. The van der Waals surface area contributed by atoms with Gasteiger partial charge in [-0.05, 0) is 29.8 Å². The maximum Gasteiger partial charge on any atom is 0.573 e. The molecule has 0 saturated carbocycles. The van der Waals surface area contributed by atoms with Gasteiger partial charge in [0.25, 0.3) is 5.91 Å². The Kier molecular flexibility index (Phi) is 5.86. The fraction of sp³-hybridized carbons (Fsp3) is 0.350. The Morgan fingerprint density at radius 1 is 1.03 bits per heavy atom. The third kappa shape index (κ3) is 4.55. The molecule has 2 atom stereocenters. The molecule has 9 heteroatoms. The van der Waals surface area contributed by atoms with Gasteiger partial charge in [0.05, 0.1) is 25.8 Å². The first-order valence-corrected chi connectivity index (χ1v) is 8.73. The number of benzene rings is 2. The van der Waals surface area contributed by atoms with Gasteiger partial charge >= 0.3 is 6.36 Å². The Morgan fingerprint density at radius 3 is 2.14 bits per heavy atom. The second-order valence-electron chi connectivity index (χ2n) is 6.45. The number of halogens is 4. The van der Waals surface area contributed by atoms with Crippen LogP contribution >= 0.6 is 0 Å². The first-order chi connectivity index (χ1) is 13.7. The maximum absolute atomic E-state index is 14.3. The molecule has 0 N–H and O–H groups in total. The van der Waals surface area contributed by atoms with Crippen LogP contribution in [0.4, 0.5) is 17.6 Å². The second-order valence-corrected chi connectivity index (χ2v) is 6.45. The highest BCUT2D eigenvalue weighted by Gasteiger charge is 2.43. The fourth-order valence-corrected chi connectivity index (χ4v) is 3.42. The molecule has 5 nitrogen and oxygen atoms in total. The van der Waals surface area contributed by atoms with Crippen LogP contribution in [0.3, 0.4) is 0 Å². The molecule has 0 aliphatic carbocycles. The van der Waals surface area contributed by atoms with Crippen molar-refractivity contribution in [3.8, 4) is 17.2 Å². The van der Waals surface area contributed by atoms with Crippen molar-refractivity contribution in [1.29, 1.82) is 0 Å². The van der Waals surface area contributed by atoms with Crippen LogP contribution in [0.2, 0.25) is 0 Å². The molecule has 0 radical (unpaired) electrons. The zero-order valence-corrected chi connectivity index (χ0v) is 15.7. The summed E-state index contributed by atoms with van der Waals surface area (Å²) in [6, 6.07) is 9.55. The Bertz CT molecular complexity index is 848.